The van der Waals surface area contributed by atoms with Crippen LogP contribution in [0.15, 0.2) is 0 Å². The first-order valence-electron chi connectivity index (χ1n) is 6.51. The highest BCUT2D eigenvalue weighted by molar-refractivity contribution is 5.80. The second-order valence-electron chi connectivity index (χ2n) is 5.53. The summed E-state index contributed by atoms with van der Waals surface area (Å²) < 4.78 is 39.0. The molecule has 1 unspecified atom stereocenters. The van der Waals surface area contributed by atoms with Gasteiger partial charge in [0.05, 0.1) is 0 Å². The van der Waals surface area contributed by atoms with Gasteiger partial charge in [0, 0.05) is 26.2 Å². The van der Waals surface area contributed by atoms with E-state index in [4.69, 9.17) is 5.11 Å². The molecule has 8 heteroatoms. The first-order chi connectivity index (χ1) is 9.19. The number of carbonyl (C=O) groups excluding carboxylic acids is 1. The fourth-order valence-electron chi connectivity index (χ4n) is 2.65. The molecule has 1 aliphatic carbocycles. The SMILES string of the molecule is CN(C(=O)N1CCC(C(=O)O)(C(F)(F)F)C1)C1CCC1. The van der Waals surface area contributed by atoms with Crippen molar-refractivity contribution >= 4 is 12.0 Å². The van der Waals surface area contributed by atoms with Crippen LogP contribution in [0.1, 0.15) is 25.7 Å². The first kappa shape index (κ1) is 14.9. The van der Waals surface area contributed by atoms with Gasteiger partial charge >= 0.3 is 18.2 Å². The van der Waals surface area contributed by atoms with E-state index in [0.717, 1.165) is 24.2 Å². The second-order valence-corrected chi connectivity index (χ2v) is 5.53. The molecule has 0 aromatic carbocycles. The lowest BCUT2D eigenvalue weighted by Crippen LogP contribution is -2.51. The zero-order valence-electron chi connectivity index (χ0n) is 11.1. The van der Waals surface area contributed by atoms with Gasteiger partial charge in [0.15, 0.2) is 5.41 Å². The fraction of sp³-hybridized carbons (Fsp3) is 0.833. The summed E-state index contributed by atoms with van der Waals surface area (Å²) in [6, 6.07) is -0.449. The third kappa shape index (κ3) is 2.20. The molecule has 1 heterocycles. The molecule has 0 spiro atoms. The van der Waals surface area contributed by atoms with Gasteiger partial charge in [-0.25, -0.2) is 4.79 Å². The Balaban J connectivity index is 2.10. The Morgan fingerprint density at radius 2 is 1.95 bits per heavy atom. The summed E-state index contributed by atoms with van der Waals surface area (Å²) in [6.45, 7) is -0.983. The van der Waals surface area contributed by atoms with E-state index >= 15 is 0 Å². The van der Waals surface area contributed by atoms with Crippen molar-refractivity contribution in [1.82, 2.24) is 9.80 Å². The summed E-state index contributed by atoms with van der Waals surface area (Å²) in [5.74, 6) is -1.91. The van der Waals surface area contributed by atoms with Crippen LogP contribution >= 0.6 is 0 Å². The molecule has 20 heavy (non-hydrogen) atoms. The molecule has 1 saturated heterocycles. The molecule has 0 aromatic heterocycles. The summed E-state index contributed by atoms with van der Waals surface area (Å²) in [5, 5.41) is 8.93. The number of likely N-dealkylation sites (tertiary alicyclic amines) is 1. The smallest absolute Gasteiger partial charge is 0.406 e. The number of carboxylic acids is 1. The van der Waals surface area contributed by atoms with E-state index in [9.17, 15) is 22.8 Å². The Morgan fingerprint density at radius 1 is 1.35 bits per heavy atom. The number of carbonyl (C=O) groups is 2. The normalized spacial score (nSPS) is 27.3. The largest absolute Gasteiger partial charge is 0.481 e. The summed E-state index contributed by atoms with van der Waals surface area (Å²) >= 11 is 0. The van der Waals surface area contributed by atoms with Crippen molar-refractivity contribution in [3.8, 4) is 0 Å². The maximum Gasteiger partial charge on any atom is 0.406 e. The quantitative estimate of drug-likeness (QED) is 0.846. The van der Waals surface area contributed by atoms with E-state index in [1.54, 1.807) is 7.05 Å². The van der Waals surface area contributed by atoms with Gasteiger partial charge < -0.3 is 14.9 Å². The third-order valence-corrected chi connectivity index (χ3v) is 4.42. The molecule has 5 nitrogen and oxygen atoms in total. The maximum atomic E-state index is 13.0. The summed E-state index contributed by atoms with van der Waals surface area (Å²) in [7, 11) is 1.56. The lowest BCUT2D eigenvalue weighted by Gasteiger charge is -2.37. The lowest BCUT2D eigenvalue weighted by atomic mass is 9.86. The molecule has 2 rings (SSSR count). The van der Waals surface area contributed by atoms with E-state index in [1.807, 2.05) is 0 Å². The minimum atomic E-state index is -4.86. The third-order valence-electron chi connectivity index (χ3n) is 4.42. The minimum Gasteiger partial charge on any atom is -0.481 e. The van der Waals surface area contributed by atoms with Gasteiger partial charge in [0.2, 0.25) is 0 Å². The standard InChI is InChI=1S/C12H17F3N2O3/c1-16(8-3-2-4-8)10(20)17-6-5-11(7-17,9(18)19)12(13,14)15/h8H,2-7H2,1H3,(H,18,19). The Labute approximate surface area is 114 Å². The van der Waals surface area contributed by atoms with Crippen LogP contribution in [0.5, 0.6) is 0 Å². The number of amides is 2. The van der Waals surface area contributed by atoms with Crippen LogP contribution in [0.25, 0.3) is 0 Å². The molecule has 1 aliphatic heterocycles. The number of hydrogen-bond acceptors (Lipinski definition) is 2. The number of urea groups is 1. The number of halogens is 3. The van der Waals surface area contributed by atoms with Crippen molar-refractivity contribution in [2.45, 2.75) is 37.9 Å². The van der Waals surface area contributed by atoms with Crippen LogP contribution in [0.3, 0.4) is 0 Å². The van der Waals surface area contributed by atoms with Crippen molar-refractivity contribution in [2.24, 2.45) is 5.41 Å². The molecule has 1 saturated carbocycles. The average molecular weight is 294 g/mol. The monoisotopic (exact) mass is 294 g/mol. The van der Waals surface area contributed by atoms with Crippen molar-refractivity contribution in [3.05, 3.63) is 0 Å². The Bertz CT molecular complexity index is 423. The maximum absolute atomic E-state index is 13.0. The zero-order valence-corrected chi connectivity index (χ0v) is 11.1. The van der Waals surface area contributed by atoms with Gasteiger partial charge in [-0.2, -0.15) is 13.2 Å². The van der Waals surface area contributed by atoms with Crippen LogP contribution in [0.4, 0.5) is 18.0 Å². The number of rotatable bonds is 2. The van der Waals surface area contributed by atoms with Crippen molar-refractivity contribution < 1.29 is 27.9 Å². The Hall–Kier alpha value is -1.47. The van der Waals surface area contributed by atoms with Crippen molar-refractivity contribution in [2.75, 3.05) is 20.1 Å². The lowest BCUT2D eigenvalue weighted by molar-refractivity contribution is -0.227. The first-order valence-corrected chi connectivity index (χ1v) is 6.51. The average Bonchev–Trinajstić information content (AvgIpc) is 2.70. The molecule has 2 fully saturated rings. The number of alkyl halides is 3. The summed E-state index contributed by atoms with van der Waals surface area (Å²) in [4.78, 5) is 25.6. The zero-order chi connectivity index (χ0) is 15.1. The van der Waals surface area contributed by atoms with Gasteiger partial charge in [-0.3, -0.25) is 4.79 Å². The summed E-state index contributed by atoms with van der Waals surface area (Å²) in [6.07, 6.45) is -2.75. The Kier molecular flexibility index (Phi) is 3.60. The molecule has 0 bridgehead atoms. The van der Waals surface area contributed by atoms with Crippen molar-refractivity contribution in [1.29, 1.82) is 0 Å². The molecule has 0 radical (unpaired) electrons. The highest BCUT2D eigenvalue weighted by Crippen LogP contribution is 2.46. The predicted molar refractivity (Wildman–Crippen MR) is 63.1 cm³/mol. The van der Waals surface area contributed by atoms with Gasteiger partial charge in [-0.15, -0.1) is 0 Å². The van der Waals surface area contributed by atoms with Gasteiger partial charge in [-0.05, 0) is 25.7 Å². The summed E-state index contributed by atoms with van der Waals surface area (Å²) in [5.41, 5.74) is -2.83. The van der Waals surface area contributed by atoms with Gasteiger partial charge in [-0.1, -0.05) is 0 Å². The van der Waals surface area contributed by atoms with Gasteiger partial charge in [0.1, 0.15) is 0 Å². The fourth-order valence-corrected chi connectivity index (χ4v) is 2.65. The topological polar surface area (TPSA) is 60.9 Å². The van der Waals surface area contributed by atoms with E-state index in [0.29, 0.717) is 0 Å². The molecule has 2 aliphatic rings. The molecule has 1 atom stereocenters. The second kappa shape index (κ2) is 4.82. The molecule has 1 N–H and O–H groups in total. The van der Waals surface area contributed by atoms with Crippen LogP contribution in [-0.2, 0) is 4.79 Å². The van der Waals surface area contributed by atoms with E-state index in [1.165, 1.54) is 4.90 Å². The van der Waals surface area contributed by atoms with E-state index < -0.39 is 36.6 Å². The molecule has 2 amide bonds. The number of hydrogen-bond donors (Lipinski definition) is 1. The molecule has 114 valence electrons. The van der Waals surface area contributed by atoms with E-state index in [2.05, 4.69) is 0 Å². The molecule has 0 aromatic rings. The van der Waals surface area contributed by atoms with Crippen LogP contribution in [0, 0.1) is 5.41 Å². The number of carboxylic acid groups (broad SMARTS) is 1. The molecular weight excluding hydrogens is 277 g/mol. The molecular formula is C12H17F3N2O3. The van der Waals surface area contributed by atoms with Crippen molar-refractivity contribution in [3.63, 3.8) is 0 Å². The Morgan fingerprint density at radius 3 is 2.30 bits per heavy atom. The number of aliphatic carboxylic acids is 1. The highest BCUT2D eigenvalue weighted by Gasteiger charge is 2.64. The van der Waals surface area contributed by atoms with Gasteiger partial charge in [0.25, 0.3) is 0 Å². The highest BCUT2D eigenvalue weighted by atomic mass is 19.4. The van der Waals surface area contributed by atoms with Crippen LogP contribution < -0.4 is 0 Å². The van der Waals surface area contributed by atoms with Crippen LogP contribution in [0.2, 0.25) is 0 Å². The number of nitrogens with zero attached hydrogens (tertiary/aromatic N) is 2. The van der Waals surface area contributed by atoms with Crippen LogP contribution in [-0.4, -0.2) is 59.3 Å². The minimum absolute atomic E-state index is 0.0632. The predicted octanol–water partition coefficient (Wildman–Crippen LogP) is 1.93. The van der Waals surface area contributed by atoms with E-state index in [-0.39, 0.29) is 12.6 Å².